The van der Waals surface area contributed by atoms with Crippen molar-refractivity contribution in [3.63, 3.8) is 0 Å². The highest BCUT2D eigenvalue weighted by Gasteiger charge is 2.34. The molecule has 2 aromatic carbocycles. The first-order chi connectivity index (χ1) is 14.9. The third-order valence-electron chi connectivity index (χ3n) is 4.99. The van der Waals surface area contributed by atoms with Gasteiger partial charge < -0.3 is 19.3 Å². The maximum Gasteiger partial charge on any atom is 0.339 e. The number of carboxylic acid groups (broad SMARTS) is 1. The van der Waals surface area contributed by atoms with Crippen molar-refractivity contribution in [2.24, 2.45) is 0 Å². The molecule has 7 heteroatoms. The minimum atomic E-state index is -1.12. The van der Waals surface area contributed by atoms with Crippen molar-refractivity contribution < 1.29 is 33.7 Å². The van der Waals surface area contributed by atoms with Gasteiger partial charge in [0.15, 0.2) is 0 Å². The molecule has 0 saturated carbocycles. The topological polar surface area (TPSA) is 99.1 Å². The van der Waals surface area contributed by atoms with Crippen molar-refractivity contribution in [1.29, 1.82) is 0 Å². The number of methoxy groups -OCH3 is 2. The van der Waals surface area contributed by atoms with E-state index in [2.05, 4.69) is 0 Å². The normalized spacial score (nSPS) is 14.0. The van der Waals surface area contributed by atoms with Crippen LogP contribution in [-0.4, -0.2) is 36.9 Å². The Morgan fingerprint density at radius 1 is 0.903 bits per heavy atom. The van der Waals surface area contributed by atoms with Gasteiger partial charge in [-0.25, -0.2) is 4.79 Å². The number of ketones is 2. The maximum atomic E-state index is 12.9. The van der Waals surface area contributed by atoms with Gasteiger partial charge in [-0.15, -0.1) is 0 Å². The Balaban J connectivity index is 1.91. The minimum Gasteiger partial charge on any atom is -0.489 e. The Labute approximate surface area is 179 Å². The fourth-order valence-electron chi connectivity index (χ4n) is 3.32. The van der Waals surface area contributed by atoms with Gasteiger partial charge in [0.2, 0.25) is 23.1 Å². The van der Waals surface area contributed by atoms with E-state index < -0.39 is 17.5 Å². The van der Waals surface area contributed by atoms with E-state index in [-0.39, 0.29) is 47.0 Å². The molecule has 1 aliphatic carbocycles. The molecule has 0 bridgehead atoms. The van der Waals surface area contributed by atoms with E-state index in [1.165, 1.54) is 20.3 Å². The van der Waals surface area contributed by atoms with Crippen molar-refractivity contribution in [3.05, 3.63) is 87.9 Å². The van der Waals surface area contributed by atoms with Gasteiger partial charge in [-0.2, -0.15) is 0 Å². The second kappa shape index (κ2) is 9.30. The van der Waals surface area contributed by atoms with Crippen molar-refractivity contribution in [2.45, 2.75) is 20.0 Å². The summed E-state index contributed by atoms with van der Waals surface area (Å²) in [5, 5.41) is 9.49. The van der Waals surface area contributed by atoms with Crippen molar-refractivity contribution >= 4 is 17.5 Å². The van der Waals surface area contributed by atoms with Crippen LogP contribution < -0.4 is 4.74 Å². The molecular weight excluding hydrogens is 400 g/mol. The number of carbonyl (C=O) groups excluding carboxylic acids is 2. The average molecular weight is 422 g/mol. The highest BCUT2D eigenvalue weighted by atomic mass is 16.5. The van der Waals surface area contributed by atoms with Gasteiger partial charge >= 0.3 is 5.97 Å². The molecule has 7 nitrogen and oxygen atoms in total. The number of allylic oxidation sites excluding steroid dienone is 2. The summed E-state index contributed by atoms with van der Waals surface area (Å²) in [5.41, 5.74) is 2.05. The van der Waals surface area contributed by atoms with Crippen LogP contribution in [0, 0.1) is 0 Å². The van der Waals surface area contributed by atoms with Crippen LogP contribution in [0.1, 0.15) is 28.4 Å². The lowest BCUT2D eigenvalue weighted by atomic mass is 9.88. The molecule has 0 amide bonds. The number of benzene rings is 2. The highest BCUT2D eigenvalue weighted by Crippen LogP contribution is 2.30. The van der Waals surface area contributed by atoms with E-state index >= 15 is 0 Å². The lowest BCUT2D eigenvalue weighted by molar-refractivity contribution is -0.121. The highest BCUT2D eigenvalue weighted by molar-refractivity contribution is 6.23. The van der Waals surface area contributed by atoms with Crippen LogP contribution in [0.4, 0.5) is 0 Å². The van der Waals surface area contributed by atoms with E-state index in [9.17, 15) is 19.5 Å². The standard InChI is InChI=1S/C24H22O7/c1-14-18(21(26)23(30-3)22(29-2)20(14)25)11-16-9-10-17(24(27)28)19(12-16)31-13-15-7-5-4-6-8-15/h4-10,12H,11,13H2,1-3H3,(H,27,28). The minimum absolute atomic E-state index is 0.00979. The van der Waals surface area contributed by atoms with E-state index in [4.69, 9.17) is 14.2 Å². The SMILES string of the molecule is COC1=C(OC)C(=O)C(Cc2ccc(C(=O)O)c(OCc3ccccc3)c2)=C(C)C1=O. The molecule has 0 atom stereocenters. The first-order valence-corrected chi connectivity index (χ1v) is 9.51. The summed E-state index contributed by atoms with van der Waals surface area (Å²) in [7, 11) is 2.60. The first kappa shape index (κ1) is 21.8. The predicted octanol–water partition coefficient (Wildman–Crippen LogP) is 3.48. The summed E-state index contributed by atoms with van der Waals surface area (Å²) < 4.78 is 15.9. The number of aromatic carboxylic acids is 1. The molecule has 2 aromatic rings. The Morgan fingerprint density at radius 3 is 2.16 bits per heavy atom. The van der Waals surface area contributed by atoms with Gasteiger partial charge in [0, 0.05) is 17.6 Å². The molecule has 0 unspecified atom stereocenters. The number of rotatable bonds is 8. The number of carbonyl (C=O) groups is 3. The largest absolute Gasteiger partial charge is 0.489 e. The van der Waals surface area contributed by atoms with Gasteiger partial charge in [-0.05, 0) is 30.2 Å². The molecular formula is C24H22O7. The third-order valence-corrected chi connectivity index (χ3v) is 4.99. The number of carboxylic acids is 1. The summed E-state index contributed by atoms with van der Waals surface area (Å²) in [6.45, 7) is 1.75. The van der Waals surface area contributed by atoms with Crippen molar-refractivity contribution in [3.8, 4) is 5.75 Å². The zero-order valence-corrected chi connectivity index (χ0v) is 17.4. The summed E-state index contributed by atoms with van der Waals surface area (Å²) >= 11 is 0. The second-order valence-electron chi connectivity index (χ2n) is 6.92. The molecule has 31 heavy (non-hydrogen) atoms. The molecule has 1 aliphatic rings. The second-order valence-corrected chi connectivity index (χ2v) is 6.92. The van der Waals surface area contributed by atoms with Gasteiger partial charge in [-0.3, -0.25) is 9.59 Å². The Morgan fingerprint density at radius 2 is 1.55 bits per heavy atom. The molecule has 0 heterocycles. The van der Waals surface area contributed by atoms with Crippen LogP contribution in [0.15, 0.2) is 71.2 Å². The van der Waals surface area contributed by atoms with Gasteiger partial charge in [0.1, 0.15) is 17.9 Å². The van der Waals surface area contributed by atoms with Crippen molar-refractivity contribution in [1.82, 2.24) is 0 Å². The molecule has 0 spiro atoms. The van der Waals surface area contributed by atoms with Crippen LogP contribution in [-0.2, 0) is 32.1 Å². The number of hydrogen-bond donors (Lipinski definition) is 1. The van der Waals surface area contributed by atoms with Gasteiger partial charge in [-0.1, -0.05) is 36.4 Å². The van der Waals surface area contributed by atoms with Crippen LogP contribution in [0.2, 0.25) is 0 Å². The van der Waals surface area contributed by atoms with Crippen LogP contribution in [0.3, 0.4) is 0 Å². The van der Waals surface area contributed by atoms with Crippen LogP contribution in [0.5, 0.6) is 5.75 Å². The fourth-order valence-corrected chi connectivity index (χ4v) is 3.32. The van der Waals surface area contributed by atoms with Crippen LogP contribution in [0.25, 0.3) is 0 Å². The van der Waals surface area contributed by atoms with E-state index in [1.807, 2.05) is 30.3 Å². The molecule has 3 rings (SSSR count). The molecule has 0 radical (unpaired) electrons. The van der Waals surface area contributed by atoms with E-state index in [0.29, 0.717) is 5.56 Å². The molecule has 0 aromatic heterocycles. The Kier molecular flexibility index (Phi) is 6.55. The summed E-state index contributed by atoms with van der Waals surface area (Å²) in [4.78, 5) is 37.0. The summed E-state index contributed by atoms with van der Waals surface area (Å²) in [6, 6.07) is 13.9. The third kappa shape index (κ3) is 4.50. The average Bonchev–Trinajstić information content (AvgIpc) is 2.78. The monoisotopic (exact) mass is 422 g/mol. The molecule has 1 N–H and O–H groups in total. The number of hydrogen-bond acceptors (Lipinski definition) is 6. The zero-order chi connectivity index (χ0) is 22.5. The predicted molar refractivity (Wildman–Crippen MR) is 112 cm³/mol. The zero-order valence-electron chi connectivity index (χ0n) is 17.4. The molecule has 0 fully saturated rings. The Bertz CT molecular complexity index is 1090. The van der Waals surface area contributed by atoms with Gasteiger partial charge in [0.25, 0.3) is 0 Å². The quantitative estimate of drug-likeness (QED) is 0.650. The van der Waals surface area contributed by atoms with Crippen LogP contribution >= 0.6 is 0 Å². The first-order valence-electron chi connectivity index (χ1n) is 9.51. The summed E-state index contributed by atoms with van der Waals surface area (Å²) in [5.74, 6) is -2.06. The lowest BCUT2D eigenvalue weighted by Gasteiger charge is -2.20. The number of ether oxygens (including phenoxy) is 3. The Hall–Kier alpha value is -3.87. The summed E-state index contributed by atoms with van der Waals surface area (Å²) in [6.07, 6.45) is 0.113. The smallest absolute Gasteiger partial charge is 0.339 e. The van der Waals surface area contributed by atoms with E-state index in [0.717, 1.165) is 5.56 Å². The maximum absolute atomic E-state index is 12.9. The molecule has 160 valence electrons. The lowest BCUT2D eigenvalue weighted by Crippen LogP contribution is -2.26. The molecule has 0 aliphatic heterocycles. The fraction of sp³-hybridized carbons (Fsp3) is 0.208. The van der Waals surface area contributed by atoms with Gasteiger partial charge in [0.05, 0.1) is 14.2 Å². The number of Topliss-reactive ketones (excluding diaryl/α,β-unsaturated/α-hetero) is 2. The van der Waals surface area contributed by atoms with Crippen molar-refractivity contribution in [2.75, 3.05) is 14.2 Å². The molecule has 0 saturated heterocycles. The van der Waals surface area contributed by atoms with E-state index in [1.54, 1.807) is 19.1 Å².